The molecule has 0 aliphatic heterocycles. The van der Waals surface area contributed by atoms with E-state index in [4.69, 9.17) is 0 Å². The van der Waals surface area contributed by atoms with Crippen LogP contribution in [0.15, 0.2) is 67.0 Å². The number of aromatic amines is 1. The quantitative estimate of drug-likeness (QED) is 0.510. The number of pyridine rings is 1. The fourth-order valence-corrected chi connectivity index (χ4v) is 3.25. The van der Waals surface area contributed by atoms with Crippen molar-refractivity contribution in [3.05, 3.63) is 78.1 Å². The van der Waals surface area contributed by atoms with Crippen LogP contribution >= 0.6 is 0 Å². The van der Waals surface area contributed by atoms with Gasteiger partial charge < -0.3 is 15.4 Å². The van der Waals surface area contributed by atoms with Gasteiger partial charge in [-0.3, -0.25) is 9.78 Å². The Morgan fingerprint density at radius 3 is 2.59 bits per heavy atom. The molecule has 0 saturated carbocycles. The number of H-pyrrole nitrogens is 1. The molecule has 6 heteroatoms. The number of carbonyl (C=O) groups is 2. The fourth-order valence-electron chi connectivity index (χ4n) is 3.25. The SMILES string of the molecule is O=C(N[C@H](Cc1c[nH]c2ccccc12)C(=O)O)c1ccnc2ccccc12. The van der Waals surface area contributed by atoms with E-state index in [2.05, 4.69) is 15.3 Å². The van der Waals surface area contributed by atoms with E-state index in [1.807, 2.05) is 42.5 Å². The smallest absolute Gasteiger partial charge is 0.326 e. The highest BCUT2D eigenvalue weighted by molar-refractivity contribution is 6.07. The van der Waals surface area contributed by atoms with E-state index >= 15 is 0 Å². The van der Waals surface area contributed by atoms with E-state index in [0.717, 1.165) is 16.5 Å². The predicted molar refractivity (Wildman–Crippen MR) is 103 cm³/mol. The number of hydrogen-bond acceptors (Lipinski definition) is 3. The van der Waals surface area contributed by atoms with Gasteiger partial charge in [0.25, 0.3) is 5.91 Å². The van der Waals surface area contributed by atoms with E-state index in [0.29, 0.717) is 16.5 Å². The van der Waals surface area contributed by atoms with E-state index in [1.165, 1.54) is 0 Å². The molecular formula is C21H17N3O3. The Hall–Kier alpha value is -3.67. The van der Waals surface area contributed by atoms with Gasteiger partial charge in [0.2, 0.25) is 0 Å². The predicted octanol–water partition coefficient (Wildman–Crippen LogP) is 3.14. The Kier molecular flexibility index (Phi) is 4.30. The number of aliphatic carboxylic acids is 1. The second-order valence-electron chi connectivity index (χ2n) is 6.30. The topological polar surface area (TPSA) is 95.1 Å². The van der Waals surface area contributed by atoms with E-state index in [9.17, 15) is 14.7 Å². The number of nitrogens with zero attached hydrogens (tertiary/aromatic N) is 1. The van der Waals surface area contributed by atoms with Gasteiger partial charge in [-0.25, -0.2) is 4.79 Å². The van der Waals surface area contributed by atoms with Crippen LogP contribution in [0.25, 0.3) is 21.8 Å². The normalized spacial score (nSPS) is 12.1. The lowest BCUT2D eigenvalue weighted by Crippen LogP contribution is -2.42. The third kappa shape index (κ3) is 3.25. The summed E-state index contributed by atoms with van der Waals surface area (Å²) in [6, 6.07) is 15.5. The highest BCUT2D eigenvalue weighted by atomic mass is 16.4. The van der Waals surface area contributed by atoms with Gasteiger partial charge in [0, 0.05) is 35.1 Å². The van der Waals surface area contributed by atoms with Gasteiger partial charge in [0.1, 0.15) is 6.04 Å². The van der Waals surface area contributed by atoms with Crippen molar-refractivity contribution >= 4 is 33.7 Å². The Labute approximate surface area is 154 Å². The number of carboxylic acids is 1. The summed E-state index contributed by atoms with van der Waals surface area (Å²) in [5, 5.41) is 13.9. The van der Waals surface area contributed by atoms with Crippen molar-refractivity contribution < 1.29 is 14.7 Å². The number of benzene rings is 2. The summed E-state index contributed by atoms with van der Waals surface area (Å²) in [6.45, 7) is 0. The summed E-state index contributed by atoms with van der Waals surface area (Å²) < 4.78 is 0. The Morgan fingerprint density at radius 2 is 1.78 bits per heavy atom. The molecule has 0 radical (unpaired) electrons. The van der Waals surface area contributed by atoms with Gasteiger partial charge >= 0.3 is 5.97 Å². The number of carboxylic acid groups (broad SMARTS) is 1. The first-order valence-electron chi connectivity index (χ1n) is 8.56. The van der Waals surface area contributed by atoms with Crippen LogP contribution in [-0.4, -0.2) is 33.0 Å². The molecule has 27 heavy (non-hydrogen) atoms. The molecular weight excluding hydrogens is 342 g/mol. The minimum atomic E-state index is -1.08. The van der Waals surface area contributed by atoms with Crippen molar-refractivity contribution in [2.24, 2.45) is 0 Å². The summed E-state index contributed by atoms with van der Waals surface area (Å²) in [6.07, 6.45) is 3.52. The zero-order valence-electron chi connectivity index (χ0n) is 14.3. The monoisotopic (exact) mass is 359 g/mol. The number of fused-ring (bicyclic) bond motifs is 2. The second kappa shape index (κ2) is 6.92. The molecule has 2 aromatic carbocycles. The van der Waals surface area contributed by atoms with E-state index in [1.54, 1.807) is 24.5 Å². The lowest BCUT2D eigenvalue weighted by atomic mass is 10.0. The van der Waals surface area contributed by atoms with E-state index in [-0.39, 0.29) is 6.42 Å². The van der Waals surface area contributed by atoms with Crippen LogP contribution in [0.4, 0.5) is 0 Å². The molecule has 3 N–H and O–H groups in total. The molecule has 0 aliphatic rings. The minimum absolute atomic E-state index is 0.189. The molecule has 2 heterocycles. The number of para-hydroxylation sites is 2. The molecule has 4 aromatic rings. The summed E-state index contributed by atoms with van der Waals surface area (Å²) in [5.74, 6) is -1.51. The lowest BCUT2D eigenvalue weighted by molar-refractivity contribution is -0.139. The molecule has 134 valence electrons. The van der Waals surface area contributed by atoms with Gasteiger partial charge in [-0.1, -0.05) is 36.4 Å². The molecule has 1 atom stereocenters. The molecule has 4 rings (SSSR count). The maximum absolute atomic E-state index is 12.8. The maximum atomic E-state index is 12.8. The number of hydrogen-bond donors (Lipinski definition) is 3. The molecule has 0 bridgehead atoms. The molecule has 0 unspecified atom stereocenters. The van der Waals surface area contributed by atoms with Crippen molar-refractivity contribution in [3.8, 4) is 0 Å². The van der Waals surface area contributed by atoms with Crippen molar-refractivity contribution in [2.75, 3.05) is 0 Å². The fraction of sp³-hybridized carbons (Fsp3) is 0.0952. The standard InChI is InChI=1S/C21H17N3O3/c25-20(16-9-10-22-18-8-4-2-6-15(16)18)24-19(21(26)27)11-13-12-23-17-7-3-1-5-14(13)17/h1-10,12,19,23H,11H2,(H,24,25)(H,26,27)/t19-/m1/s1. The van der Waals surface area contributed by atoms with Crippen LogP contribution in [0.3, 0.4) is 0 Å². The van der Waals surface area contributed by atoms with Crippen molar-refractivity contribution in [3.63, 3.8) is 0 Å². The van der Waals surface area contributed by atoms with Gasteiger partial charge in [-0.15, -0.1) is 0 Å². The summed E-state index contributed by atoms with van der Waals surface area (Å²) in [4.78, 5) is 31.9. The van der Waals surface area contributed by atoms with Crippen LogP contribution in [0, 0.1) is 0 Å². The van der Waals surface area contributed by atoms with E-state index < -0.39 is 17.9 Å². The first-order chi connectivity index (χ1) is 13.1. The first-order valence-corrected chi connectivity index (χ1v) is 8.56. The van der Waals surface area contributed by atoms with Crippen molar-refractivity contribution in [1.82, 2.24) is 15.3 Å². The third-order valence-electron chi connectivity index (χ3n) is 4.60. The first kappa shape index (κ1) is 16.8. The van der Waals surface area contributed by atoms with Gasteiger partial charge in [0.05, 0.1) is 11.1 Å². The highest BCUT2D eigenvalue weighted by Crippen LogP contribution is 2.20. The number of carbonyl (C=O) groups excluding carboxylic acids is 1. The number of rotatable bonds is 5. The van der Waals surface area contributed by atoms with Crippen LogP contribution in [0.1, 0.15) is 15.9 Å². The number of amides is 1. The van der Waals surface area contributed by atoms with Gasteiger partial charge in [0.15, 0.2) is 0 Å². The zero-order chi connectivity index (χ0) is 18.8. The molecule has 2 aromatic heterocycles. The van der Waals surface area contributed by atoms with Gasteiger partial charge in [-0.05, 0) is 23.8 Å². The molecule has 0 fully saturated rings. The molecule has 6 nitrogen and oxygen atoms in total. The molecule has 1 amide bonds. The van der Waals surface area contributed by atoms with Crippen LogP contribution in [-0.2, 0) is 11.2 Å². The Morgan fingerprint density at radius 1 is 1.04 bits per heavy atom. The molecule has 0 spiro atoms. The summed E-state index contributed by atoms with van der Waals surface area (Å²) in [5.41, 5.74) is 2.88. The van der Waals surface area contributed by atoms with Crippen molar-refractivity contribution in [1.29, 1.82) is 0 Å². The zero-order valence-corrected chi connectivity index (χ0v) is 14.3. The van der Waals surface area contributed by atoms with Crippen LogP contribution in [0.2, 0.25) is 0 Å². The van der Waals surface area contributed by atoms with Crippen LogP contribution < -0.4 is 5.32 Å². The average Bonchev–Trinajstić information content (AvgIpc) is 3.10. The van der Waals surface area contributed by atoms with Crippen molar-refractivity contribution in [2.45, 2.75) is 12.5 Å². The van der Waals surface area contributed by atoms with Gasteiger partial charge in [-0.2, -0.15) is 0 Å². The minimum Gasteiger partial charge on any atom is -0.480 e. The highest BCUT2D eigenvalue weighted by Gasteiger charge is 2.23. The Balaban J connectivity index is 1.61. The Bertz CT molecular complexity index is 1140. The summed E-state index contributed by atoms with van der Waals surface area (Å²) >= 11 is 0. The van der Waals surface area contributed by atoms with Crippen LogP contribution in [0.5, 0.6) is 0 Å². The largest absolute Gasteiger partial charge is 0.480 e. The summed E-state index contributed by atoms with van der Waals surface area (Å²) in [7, 11) is 0. The maximum Gasteiger partial charge on any atom is 0.326 e. The number of aromatic nitrogens is 2. The second-order valence-corrected chi connectivity index (χ2v) is 6.30. The lowest BCUT2D eigenvalue weighted by Gasteiger charge is -2.15. The average molecular weight is 359 g/mol. The third-order valence-corrected chi connectivity index (χ3v) is 4.60. The molecule has 0 aliphatic carbocycles. The molecule has 0 saturated heterocycles. The number of nitrogens with one attached hydrogen (secondary N) is 2.